The predicted octanol–water partition coefficient (Wildman–Crippen LogP) is 3.43. The van der Waals surface area contributed by atoms with Crippen LogP contribution in [-0.4, -0.2) is 79.3 Å². The minimum atomic E-state index is -0.722. The minimum absolute atomic E-state index is 0.0258. The molecular weight excluding hydrogens is 504 g/mol. The lowest BCUT2D eigenvalue weighted by Crippen LogP contribution is -2.34. The molecule has 1 aromatic carbocycles. The molecule has 0 spiro atoms. The molecule has 0 aliphatic rings. The molecule has 1 aromatic heterocycles. The Morgan fingerprint density at radius 2 is 1.85 bits per heavy atom. The molecule has 3 amide bonds. The Hall–Kier alpha value is -3.99. The van der Waals surface area contributed by atoms with Crippen LogP contribution >= 0.6 is 0 Å². The number of aryl methyl sites for hydroxylation is 1. The van der Waals surface area contributed by atoms with Gasteiger partial charge in [0.1, 0.15) is 12.1 Å². The van der Waals surface area contributed by atoms with Gasteiger partial charge in [0.2, 0.25) is 6.41 Å². The first-order chi connectivity index (χ1) is 18.6. The lowest BCUT2D eigenvalue weighted by molar-refractivity contribution is -0.146. The average molecular weight is 543 g/mol. The molecule has 1 heterocycles. The second-order valence-electron chi connectivity index (χ2n) is 9.55. The zero-order chi connectivity index (χ0) is 28.8. The van der Waals surface area contributed by atoms with E-state index >= 15 is 0 Å². The number of carbonyl (C=O) groups excluding carboxylic acids is 4. The van der Waals surface area contributed by atoms with Crippen molar-refractivity contribution in [3.05, 3.63) is 47.8 Å². The quantitative estimate of drug-likeness (QED) is 0.211. The van der Waals surface area contributed by atoms with E-state index in [1.54, 1.807) is 40.0 Å². The van der Waals surface area contributed by atoms with Gasteiger partial charge in [0, 0.05) is 24.8 Å². The maximum absolute atomic E-state index is 12.9. The molecule has 0 unspecified atom stereocenters. The third kappa shape index (κ3) is 11.1. The van der Waals surface area contributed by atoms with E-state index in [0.717, 1.165) is 23.1 Å². The van der Waals surface area contributed by atoms with Gasteiger partial charge in [-0.1, -0.05) is 31.2 Å². The fourth-order valence-electron chi connectivity index (χ4n) is 3.43. The third-order valence-electron chi connectivity index (χ3n) is 5.25. The van der Waals surface area contributed by atoms with Crippen molar-refractivity contribution in [2.24, 2.45) is 0 Å². The Morgan fingerprint density at radius 3 is 2.51 bits per heavy atom. The number of hydrogen-bond acceptors (Lipinski definition) is 8. The number of aromatic nitrogens is 1. The summed E-state index contributed by atoms with van der Waals surface area (Å²) in [6.45, 7) is 9.75. The van der Waals surface area contributed by atoms with E-state index < -0.39 is 23.6 Å². The molecule has 0 fully saturated rings. The Bertz CT molecular complexity index is 1130. The molecule has 2 rings (SSSR count). The number of amides is 3. The Kier molecular flexibility index (Phi) is 12.4. The van der Waals surface area contributed by atoms with E-state index in [-0.39, 0.29) is 50.8 Å². The molecule has 212 valence electrons. The molecule has 0 aliphatic heterocycles. The van der Waals surface area contributed by atoms with E-state index in [0.29, 0.717) is 6.41 Å². The van der Waals surface area contributed by atoms with Crippen molar-refractivity contribution in [1.82, 2.24) is 15.2 Å². The van der Waals surface area contributed by atoms with Crippen molar-refractivity contribution in [2.75, 3.05) is 44.8 Å². The lowest BCUT2D eigenvalue weighted by Gasteiger charge is -2.20. The monoisotopic (exact) mass is 542 g/mol. The molecule has 0 radical (unpaired) electrons. The molecule has 11 heteroatoms. The maximum atomic E-state index is 12.9. The number of carbonyl (C=O) groups is 4. The van der Waals surface area contributed by atoms with Gasteiger partial charge in [-0.3, -0.25) is 19.7 Å². The van der Waals surface area contributed by atoms with Crippen molar-refractivity contribution in [1.29, 1.82) is 0 Å². The number of rotatable bonds is 14. The first kappa shape index (κ1) is 31.2. The first-order valence-electron chi connectivity index (χ1n) is 12.9. The van der Waals surface area contributed by atoms with Gasteiger partial charge in [-0.2, -0.15) is 0 Å². The van der Waals surface area contributed by atoms with Crippen LogP contribution in [0.15, 0.2) is 36.5 Å². The summed E-state index contributed by atoms with van der Waals surface area (Å²) in [6.07, 6.45) is 2.29. The highest BCUT2D eigenvalue weighted by Crippen LogP contribution is 2.26. The average Bonchev–Trinajstić information content (AvgIpc) is 2.88. The second kappa shape index (κ2) is 15.4. The molecule has 0 saturated heterocycles. The second-order valence-corrected chi connectivity index (χ2v) is 9.55. The predicted molar refractivity (Wildman–Crippen MR) is 146 cm³/mol. The zero-order valence-electron chi connectivity index (χ0n) is 23.2. The molecule has 39 heavy (non-hydrogen) atoms. The minimum Gasteiger partial charge on any atom is -0.465 e. The highest BCUT2D eigenvalue weighted by molar-refractivity contribution is 6.01. The van der Waals surface area contributed by atoms with Crippen molar-refractivity contribution in [2.45, 2.75) is 46.6 Å². The maximum Gasteiger partial charge on any atom is 0.412 e. The van der Waals surface area contributed by atoms with Crippen LogP contribution < -0.4 is 10.6 Å². The summed E-state index contributed by atoms with van der Waals surface area (Å²) in [6, 6.07) is 9.62. The number of nitrogens with one attached hydrogen (secondary N) is 2. The molecule has 11 nitrogen and oxygen atoms in total. The van der Waals surface area contributed by atoms with Crippen molar-refractivity contribution < 1.29 is 33.4 Å². The summed E-state index contributed by atoms with van der Waals surface area (Å²) in [5.41, 5.74) is 2.30. The largest absolute Gasteiger partial charge is 0.465 e. The van der Waals surface area contributed by atoms with Crippen LogP contribution in [0.5, 0.6) is 0 Å². The molecule has 2 N–H and O–H groups in total. The SMILES string of the molecule is CCOC(=O)CN(C=O)CCOCCNC(=O)c1ncc(-c2cccc(CC)c2)cc1NC(=O)OC(C)(C)C. The Labute approximate surface area is 229 Å². The standard InChI is InChI=1S/C28H38N4O7/c1-6-20-9-8-10-21(15-20)22-16-23(31-27(36)39-28(3,4)5)25(30-17-22)26(35)29-11-13-37-14-12-32(19-33)18-24(34)38-7-2/h8-10,15-17,19H,6-7,11-14,18H2,1-5H3,(H,29,35)(H,31,36). The smallest absolute Gasteiger partial charge is 0.412 e. The van der Waals surface area contributed by atoms with Crippen LogP contribution in [0.2, 0.25) is 0 Å². The van der Waals surface area contributed by atoms with Crippen LogP contribution in [-0.2, 0) is 30.2 Å². The highest BCUT2D eigenvalue weighted by Gasteiger charge is 2.21. The summed E-state index contributed by atoms with van der Waals surface area (Å²) >= 11 is 0. The van der Waals surface area contributed by atoms with Gasteiger partial charge in [0.05, 0.1) is 25.5 Å². The van der Waals surface area contributed by atoms with Crippen LogP contribution in [0.3, 0.4) is 0 Å². The van der Waals surface area contributed by atoms with E-state index in [1.165, 1.54) is 4.90 Å². The molecule has 0 bridgehead atoms. The molecular formula is C28H38N4O7. The lowest BCUT2D eigenvalue weighted by atomic mass is 10.0. The first-order valence-corrected chi connectivity index (χ1v) is 12.9. The summed E-state index contributed by atoms with van der Waals surface area (Å²) in [7, 11) is 0. The Morgan fingerprint density at radius 1 is 1.08 bits per heavy atom. The van der Waals surface area contributed by atoms with E-state index in [1.807, 2.05) is 24.3 Å². The van der Waals surface area contributed by atoms with Gasteiger partial charge in [-0.15, -0.1) is 0 Å². The van der Waals surface area contributed by atoms with Crippen LogP contribution in [0, 0.1) is 0 Å². The molecule has 0 saturated carbocycles. The summed E-state index contributed by atoms with van der Waals surface area (Å²) < 4.78 is 15.6. The molecule has 0 aliphatic carbocycles. The van der Waals surface area contributed by atoms with Crippen LogP contribution in [0.1, 0.15) is 50.7 Å². The van der Waals surface area contributed by atoms with Gasteiger partial charge >= 0.3 is 12.1 Å². The number of anilines is 1. The number of hydrogen-bond donors (Lipinski definition) is 2. The Balaban J connectivity index is 2.03. The fraction of sp³-hybridized carbons (Fsp3) is 0.464. The highest BCUT2D eigenvalue weighted by atomic mass is 16.6. The van der Waals surface area contributed by atoms with Gasteiger partial charge < -0.3 is 24.4 Å². The van der Waals surface area contributed by atoms with Gasteiger partial charge in [0.15, 0.2) is 5.69 Å². The summed E-state index contributed by atoms with van der Waals surface area (Å²) in [5.74, 6) is -1.00. The normalized spacial score (nSPS) is 10.9. The number of nitrogens with zero attached hydrogens (tertiary/aromatic N) is 2. The van der Waals surface area contributed by atoms with E-state index in [4.69, 9.17) is 14.2 Å². The van der Waals surface area contributed by atoms with Crippen molar-refractivity contribution in [3.8, 4) is 11.1 Å². The third-order valence-corrected chi connectivity index (χ3v) is 5.25. The van der Waals surface area contributed by atoms with Gasteiger partial charge in [0.25, 0.3) is 5.91 Å². The number of pyridine rings is 1. The number of benzene rings is 1. The van der Waals surface area contributed by atoms with Gasteiger partial charge in [-0.05, 0) is 51.3 Å². The summed E-state index contributed by atoms with van der Waals surface area (Å²) in [4.78, 5) is 53.6. The summed E-state index contributed by atoms with van der Waals surface area (Å²) in [5, 5.41) is 5.36. The van der Waals surface area contributed by atoms with Crippen LogP contribution in [0.4, 0.5) is 10.5 Å². The topological polar surface area (TPSA) is 136 Å². The number of ether oxygens (including phenoxy) is 3. The van der Waals surface area contributed by atoms with Crippen molar-refractivity contribution in [3.63, 3.8) is 0 Å². The van der Waals surface area contributed by atoms with E-state index in [2.05, 4.69) is 22.5 Å². The number of esters is 1. The zero-order valence-corrected chi connectivity index (χ0v) is 23.2. The van der Waals surface area contributed by atoms with Gasteiger partial charge in [-0.25, -0.2) is 9.78 Å². The van der Waals surface area contributed by atoms with Crippen molar-refractivity contribution >= 4 is 30.1 Å². The fourth-order valence-corrected chi connectivity index (χ4v) is 3.43. The molecule has 2 aromatic rings. The molecule has 0 atom stereocenters. The van der Waals surface area contributed by atoms with Crippen LogP contribution in [0.25, 0.3) is 11.1 Å². The van der Waals surface area contributed by atoms with E-state index in [9.17, 15) is 19.2 Å².